The van der Waals surface area contributed by atoms with Crippen molar-refractivity contribution >= 4 is 39.2 Å². The Morgan fingerprint density at radius 3 is 2.36 bits per heavy atom. The lowest BCUT2D eigenvalue weighted by Gasteiger charge is -2.36. The van der Waals surface area contributed by atoms with Crippen molar-refractivity contribution in [2.75, 3.05) is 51.1 Å². The number of likely N-dealkylation sites (tertiary alicyclic amines) is 1. The largest absolute Gasteiger partial charge is 0.342 e. The standard InChI is InChI=1S/C25H29N5O2S/c31-23(29-12-6-1-7-13-29)18-28-14-16-30(17-15-28)25(32)27-20-9-3-2-8-19(20)24-26-21-10-4-5-11-22(21)33-24/h2-5,8-11H,1,6-7,12-18H2,(H,27,32). The molecular formula is C25H29N5O2S. The first-order valence-electron chi connectivity index (χ1n) is 11.7. The van der Waals surface area contributed by atoms with E-state index in [0.717, 1.165) is 52.4 Å². The summed E-state index contributed by atoms with van der Waals surface area (Å²) in [5, 5.41) is 3.99. The molecule has 0 radical (unpaired) electrons. The van der Waals surface area contributed by atoms with Crippen molar-refractivity contribution in [2.45, 2.75) is 19.3 Å². The second kappa shape index (κ2) is 9.89. The summed E-state index contributed by atoms with van der Waals surface area (Å²) in [7, 11) is 0. The molecule has 0 unspecified atom stereocenters. The number of hydrogen-bond acceptors (Lipinski definition) is 5. The summed E-state index contributed by atoms with van der Waals surface area (Å²) in [6.07, 6.45) is 3.44. The molecule has 2 aliphatic heterocycles. The molecule has 1 aromatic heterocycles. The number of amides is 3. The zero-order valence-electron chi connectivity index (χ0n) is 18.7. The van der Waals surface area contributed by atoms with Crippen molar-refractivity contribution in [1.82, 2.24) is 19.7 Å². The number of piperazine rings is 1. The first-order valence-corrected chi connectivity index (χ1v) is 12.5. The Labute approximate surface area is 198 Å². The lowest BCUT2D eigenvalue weighted by Crippen LogP contribution is -2.52. The van der Waals surface area contributed by atoms with Crippen molar-refractivity contribution in [3.8, 4) is 10.6 Å². The number of rotatable bonds is 4. The zero-order chi connectivity index (χ0) is 22.6. The topological polar surface area (TPSA) is 68.8 Å². The molecule has 2 saturated heterocycles. The number of carbonyl (C=O) groups excluding carboxylic acids is 2. The van der Waals surface area contributed by atoms with Gasteiger partial charge in [0, 0.05) is 44.8 Å². The van der Waals surface area contributed by atoms with Gasteiger partial charge in [-0.1, -0.05) is 24.3 Å². The predicted molar refractivity (Wildman–Crippen MR) is 133 cm³/mol. The fourth-order valence-corrected chi connectivity index (χ4v) is 5.51. The van der Waals surface area contributed by atoms with Crippen molar-refractivity contribution < 1.29 is 9.59 Å². The lowest BCUT2D eigenvalue weighted by molar-refractivity contribution is -0.133. The highest BCUT2D eigenvalue weighted by Crippen LogP contribution is 2.34. The maximum absolute atomic E-state index is 13.0. The summed E-state index contributed by atoms with van der Waals surface area (Å²) < 4.78 is 1.13. The molecule has 8 heteroatoms. The first-order chi connectivity index (χ1) is 16.2. The van der Waals surface area contributed by atoms with Crippen LogP contribution in [0, 0.1) is 0 Å². The number of aromatic nitrogens is 1. The highest BCUT2D eigenvalue weighted by atomic mass is 32.1. The van der Waals surface area contributed by atoms with Gasteiger partial charge in [0.15, 0.2) is 0 Å². The number of anilines is 1. The molecule has 0 bridgehead atoms. The minimum Gasteiger partial charge on any atom is -0.342 e. The number of nitrogens with one attached hydrogen (secondary N) is 1. The van der Waals surface area contributed by atoms with Crippen LogP contribution in [0.1, 0.15) is 19.3 Å². The van der Waals surface area contributed by atoms with Gasteiger partial charge < -0.3 is 15.1 Å². The molecule has 2 aliphatic rings. The molecule has 3 heterocycles. The van der Waals surface area contributed by atoms with Gasteiger partial charge >= 0.3 is 6.03 Å². The van der Waals surface area contributed by atoms with Crippen LogP contribution in [0.25, 0.3) is 20.8 Å². The number of carbonyl (C=O) groups is 2. The van der Waals surface area contributed by atoms with Crippen LogP contribution >= 0.6 is 11.3 Å². The number of benzene rings is 2. The molecule has 2 fully saturated rings. The maximum atomic E-state index is 13.0. The average molecular weight is 464 g/mol. The summed E-state index contributed by atoms with van der Waals surface area (Å²) >= 11 is 1.63. The Hall–Kier alpha value is -2.97. The average Bonchev–Trinajstić information content (AvgIpc) is 3.29. The normalized spacial score (nSPS) is 17.3. The number of urea groups is 1. The predicted octanol–water partition coefficient (Wildman–Crippen LogP) is 4.13. The number of hydrogen-bond donors (Lipinski definition) is 1. The molecule has 3 amide bonds. The molecule has 2 aromatic carbocycles. The quantitative estimate of drug-likeness (QED) is 0.632. The minimum atomic E-state index is -0.106. The molecule has 172 valence electrons. The van der Waals surface area contributed by atoms with Crippen LogP contribution in [-0.4, -0.2) is 77.4 Å². The molecule has 0 spiro atoms. The number of piperidine rings is 1. The number of nitrogens with zero attached hydrogens (tertiary/aromatic N) is 4. The van der Waals surface area contributed by atoms with Gasteiger partial charge in [-0.3, -0.25) is 9.69 Å². The smallest absolute Gasteiger partial charge is 0.321 e. The third-order valence-corrected chi connectivity index (χ3v) is 7.49. The third kappa shape index (κ3) is 5.02. The highest BCUT2D eigenvalue weighted by molar-refractivity contribution is 7.21. The van der Waals surface area contributed by atoms with Crippen LogP contribution < -0.4 is 5.32 Å². The summed E-state index contributed by atoms with van der Waals surface area (Å²) in [4.78, 5) is 36.3. The van der Waals surface area contributed by atoms with Crippen molar-refractivity contribution in [2.24, 2.45) is 0 Å². The lowest BCUT2D eigenvalue weighted by atomic mass is 10.1. The first kappa shape index (κ1) is 21.9. The van der Waals surface area contributed by atoms with Crippen LogP contribution in [0.15, 0.2) is 48.5 Å². The molecule has 5 rings (SSSR count). The van der Waals surface area contributed by atoms with Crippen LogP contribution in [0.4, 0.5) is 10.5 Å². The molecule has 0 atom stereocenters. The summed E-state index contributed by atoms with van der Waals surface area (Å²) in [5.41, 5.74) is 2.66. The fourth-order valence-electron chi connectivity index (χ4n) is 4.50. The zero-order valence-corrected chi connectivity index (χ0v) is 19.5. The Morgan fingerprint density at radius 1 is 0.848 bits per heavy atom. The van der Waals surface area contributed by atoms with Gasteiger partial charge in [-0.15, -0.1) is 11.3 Å². The Balaban J connectivity index is 1.19. The molecule has 0 aliphatic carbocycles. The van der Waals surface area contributed by atoms with Gasteiger partial charge in [0.05, 0.1) is 22.4 Å². The molecule has 7 nitrogen and oxygen atoms in total. The summed E-state index contributed by atoms with van der Waals surface area (Å²) in [6, 6.07) is 15.8. The van der Waals surface area contributed by atoms with Gasteiger partial charge in [-0.2, -0.15) is 0 Å². The van der Waals surface area contributed by atoms with Gasteiger partial charge in [-0.25, -0.2) is 9.78 Å². The minimum absolute atomic E-state index is 0.106. The molecule has 1 N–H and O–H groups in total. The van der Waals surface area contributed by atoms with Crippen molar-refractivity contribution in [3.63, 3.8) is 0 Å². The SMILES string of the molecule is O=C(CN1CCN(C(=O)Nc2ccccc2-c2nc3ccccc3s2)CC1)N1CCCCC1. The van der Waals surface area contributed by atoms with E-state index in [9.17, 15) is 9.59 Å². The van der Waals surface area contributed by atoms with Gasteiger partial charge in [-0.05, 0) is 43.5 Å². The van der Waals surface area contributed by atoms with Gasteiger partial charge in [0.1, 0.15) is 5.01 Å². The maximum Gasteiger partial charge on any atom is 0.321 e. The van der Waals surface area contributed by atoms with E-state index in [1.54, 1.807) is 11.3 Å². The highest BCUT2D eigenvalue weighted by Gasteiger charge is 2.25. The van der Waals surface area contributed by atoms with Crippen molar-refractivity contribution in [1.29, 1.82) is 0 Å². The Bertz CT molecular complexity index is 1100. The van der Waals surface area contributed by atoms with Crippen LogP contribution in [0.5, 0.6) is 0 Å². The second-order valence-corrected chi connectivity index (χ2v) is 9.70. The van der Waals surface area contributed by atoms with Gasteiger partial charge in [0.2, 0.25) is 5.91 Å². The van der Waals surface area contributed by atoms with E-state index in [2.05, 4.69) is 16.3 Å². The van der Waals surface area contributed by atoms with E-state index in [4.69, 9.17) is 4.98 Å². The van der Waals surface area contributed by atoms with E-state index >= 15 is 0 Å². The second-order valence-electron chi connectivity index (χ2n) is 8.67. The fraction of sp³-hybridized carbons (Fsp3) is 0.400. The number of para-hydroxylation sites is 2. The van der Waals surface area contributed by atoms with Crippen LogP contribution in [0.3, 0.4) is 0 Å². The molecule has 3 aromatic rings. The molecule has 33 heavy (non-hydrogen) atoms. The molecule has 0 saturated carbocycles. The third-order valence-electron chi connectivity index (χ3n) is 6.42. The summed E-state index contributed by atoms with van der Waals surface area (Å²) in [6.45, 7) is 4.88. The number of thiazole rings is 1. The van der Waals surface area contributed by atoms with Crippen LogP contribution in [0.2, 0.25) is 0 Å². The molecular weight excluding hydrogens is 434 g/mol. The van der Waals surface area contributed by atoms with E-state index < -0.39 is 0 Å². The summed E-state index contributed by atoms with van der Waals surface area (Å²) in [5.74, 6) is 0.220. The van der Waals surface area contributed by atoms with E-state index in [1.807, 2.05) is 52.3 Å². The van der Waals surface area contributed by atoms with E-state index in [-0.39, 0.29) is 11.9 Å². The van der Waals surface area contributed by atoms with E-state index in [1.165, 1.54) is 6.42 Å². The van der Waals surface area contributed by atoms with Crippen LogP contribution in [-0.2, 0) is 4.79 Å². The Kier molecular flexibility index (Phi) is 6.55. The van der Waals surface area contributed by atoms with Gasteiger partial charge in [0.25, 0.3) is 0 Å². The Morgan fingerprint density at radius 2 is 1.58 bits per heavy atom. The van der Waals surface area contributed by atoms with E-state index in [0.29, 0.717) is 32.7 Å². The monoisotopic (exact) mass is 463 g/mol. The van der Waals surface area contributed by atoms with Crippen molar-refractivity contribution in [3.05, 3.63) is 48.5 Å². The number of fused-ring (bicyclic) bond motifs is 1.